The minimum atomic E-state index is 0.0468. The summed E-state index contributed by atoms with van der Waals surface area (Å²) in [5, 5.41) is 11.6. The number of halogens is 2. The Morgan fingerprint density at radius 3 is 3.17 bits per heavy atom. The van der Waals surface area contributed by atoms with E-state index in [1.165, 1.54) is 11.3 Å². The van der Waals surface area contributed by atoms with Gasteiger partial charge < -0.3 is 5.11 Å². The molecule has 0 aliphatic carbocycles. The molecule has 12 heavy (non-hydrogen) atoms. The lowest BCUT2D eigenvalue weighted by molar-refractivity contribution is -0.526. The number of nitrogens with zero attached hydrogens (tertiary/aromatic N) is 1. The van der Waals surface area contributed by atoms with Gasteiger partial charge in [-0.1, -0.05) is 27.3 Å². The van der Waals surface area contributed by atoms with Gasteiger partial charge in [0.15, 0.2) is 12.0 Å². The zero-order valence-corrected chi connectivity index (χ0v) is 9.99. The normalized spacial score (nSPS) is 22.7. The molecule has 2 rings (SSSR count). The zero-order valence-electron chi connectivity index (χ0n) is 6.00. The van der Waals surface area contributed by atoms with Crippen LogP contribution >= 0.6 is 43.2 Å². The molecule has 0 fully saturated rings. The van der Waals surface area contributed by atoms with E-state index in [4.69, 9.17) is 0 Å². The van der Waals surface area contributed by atoms with Crippen molar-refractivity contribution in [2.75, 3.05) is 0 Å². The van der Waals surface area contributed by atoms with Crippen LogP contribution in [0.1, 0.15) is 6.42 Å². The summed E-state index contributed by atoms with van der Waals surface area (Å²) in [4.78, 5) is 0.0468. The fraction of sp³-hybridized carbons (Fsp3) is 0.286. The standard InChI is InChI=1S/C7H5Br2NOS/c8-4-3-5(9)10-1-2-12-7(10)6(4)11/h1-2,4H,3H2/p+1. The lowest BCUT2D eigenvalue weighted by atomic mass is 10.2. The van der Waals surface area contributed by atoms with Gasteiger partial charge in [0.2, 0.25) is 4.62 Å². The maximum atomic E-state index is 9.66. The molecule has 1 aromatic heterocycles. The molecule has 0 aromatic carbocycles. The molecule has 0 saturated carbocycles. The van der Waals surface area contributed by atoms with Crippen LogP contribution in [0.25, 0.3) is 5.76 Å². The lowest BCUT2D eigenvalue weighted by Gasteiger charge is -2.05. The summed E-state index contributed by atoms with van der Waals surface area (Å²) in [6.07, 6.45) is 2.74. The molecule has 1 atom stereocenters. The van der Waals surface area contributed by atoms with E-state index in [-0.39, 0.29) is 4.83 Å². The summed E-state index contributed by atoms with van der Waals surface area (Å²) in [5.41, 5.74) is 0. The summed E-state index contributed by atoms with van der Waals surface area (Å²) in [5.74, 6) is 0.424. The predicted octanol–water partition coefficient (Wildman–Crippen LogP) is 1.60. The van der Waals surface area contributed by atoms with Crippen LogP contribution in [0.15, 0.2) is 11.6 Å². The van der Waals surface area contributed by atoms with Crippen molar-refractivity contribution in [1.29, 1.82) is 0 Å². The average molecular weight is 312 g/mol. The van der Waals surface area contributed by atoms with E-state index in [9.17, 15) is 5.11 Å². The van der Waals surface area contributed by atoms with Crippen LogP contribution in [0, 0.1) is 4.62 Å². The highest BCUT2D eigenvalue weighted by Crippen LogP contribution is 2.21. The second-order valence-electron chi connectivity index (χ2n) is 2.51. The van der Waals surface area contributed by atoms with Crippen molar-refractivity contribution in [2.24, 2.45) is 0 Å². The second-order valence-corrected chi connectivity index (χ2v) is 5.43. The van der Waals surface area contributed by atoms with Crippen LogP contribution < -0.4 is 8.91 Å². The maximum absolute atomic E-state index is 9.66. The Morgan fingerprint density at radius 2 is 2.42 bits per heavy atom. The quantitative estimate of drug-likeness (QED) is 0.572. The number of aromatic nitrogens is 1. The Kier molecular flexibility index (Phi) is 2.27. The fourth-order valence-corrected chi connectivity index (χ4v) is 3.84. The number of rotatable bonds is 0. The Bertz CT molecular complexity index is 425. The molecule has 64 valence electrons. The monoisotopic (exact) mass is 310 g/mol. The van der Waals surface area contributed by atoms with Gasteiger partial charge >= 0.3 is 4.66 Å². The molecule has 5 heteroatoms. The van der Waals surface area contributed by atoms with Gasteiger partial charge in [-0.2, -0.15) is 0 Å². The average Bonchev–Trinajstić information content (AvgIpc) is 2.48. The van der Waals surface area contributed by atoms with Gasteiger partial charge in [-0.3, -0.25) is 0 Å². The predicted molar refractivity (Wildman–Crippen MR) is 55.1 cm³/mol. The number of hydrogen-bond donors (Lipinski definition) is 1. The molecule has 2 heterocycles. The van der Waals surface area contributed by atoms with E-state index in [0.29, 0.717) is 5.76 Å². The minimum absolute atomic E-state index is 0.0468. The van der Waals surface area contributed by atoms with Crippen LogP contribution in [0.3, 0.4) is 0 Å². The van der Waals surface area contributed by atoms with Crippen molar-refractivity contribution in [3.05, 3.63) is 20.9 Å². The maximum Gasteiger partial charge on any atom is 0.306 e. The highest BCUT2D eigenvalue weighted by atomic mass is 79.9. The van der Waals surface area contributed by atoms with Crippen molar-refractivity contribution >= 4 is 49.0 Å². The summed E-state index contributed by atoms with van der Waals surface area (Å²) < 4.78 is 3.94. The van der Waals surface area contributed by atoms with Crippen molar-refractivity contribution in [1.82, 2.24) is 0 Å². The first kappa shape index (κ1) is 8.72. The summed E-state index contributed by atoms with van der Waals surface area (Å²) in [6.45, 7) is 0. The summed E-state index contributed by atoms with van der Waals surface area (Å²) >= 11 is 8.41. The van der Waals surface area contributed by atoms with E-state index >= 15 is 0 Å². The molecule has 1 aromatic rings. The van der Waals surface area contributed by atoms with Crippen molar-refractivity contribution < 1.29 is 9.35 Å². The Balaban J connectivity index is 2.89. The van der Waals surface area contributed by atoms with Gasteiger partial charge in [-0.05, 0) is 0 Å². The topological polar surface area (TPSA) is 26.1 Å². The lowest BCUT2D eigenvalue weighted by Crippen LogP contribution is -2.41. The summed E-state index contributed by atoms with van der Waals surface area (Å²) in [6, 6.07) is 0. The second kappa shape index (κ2) is 3.12. The third kappa shape index (κ3) is 1.24. The molecule has 1 aliphatic heterocycles. The van der Waals surface area contributed by atoms with Crippen LogP contribution in [-0.4, -0.2) is 9.93 Å². The highest BCUT2D eigenvalue weighted by Gasteiger charge is 2.25. The highest BCUT2D eigenvalue weighted by molar-refractivity contribution is 9.11. The van der Waals surface area contributed by atoms with Gasteiger partial charge in [0.1, 0.15) is 0 Å². The van der Waals surface area contributed by atoms with E-state index < -0.39 is 0 Å². The van der Waals surface area contributed by atoms with Gasteiger partial charge in [0.05, 0.1) is 16.6 Å². The molecule has 0 bridgehead atoms. The summed E-state index contributed by atoms with van der Waals surface area (Å²) in [7, 11) is 0. The molecular weight excluding hydrogens is 306 g/mol. The van der Waals surface area contributed by atoms with Crippen LogP contribution in [-0.2, 0) is 0 Å². The Labute approximate surface area is 90.1 Å². The van der Waals surface area contributed by atoms with Crippen molar-refractivity contribution in [3.63, 3.8) is 0 Å². The van der Waals surface area contributed by atoms with Crippen LogP contribution in [0.2, 0.25) is 0 Å². The van der Waals surface area contributed by atoms with Gasteiger partial charge in [-0.15, -0.1) is 4.24 Å². The first-order valence-corrected chi connectivity index (χ1v) is 6.00. The number of alkyl halides is 1. The molecule has 1 unspecified atom stereocenters. The molecular formula is C7H6Br2NOS+. The smallest absolute Gasteiger partial charge is 0.306 e. The Hall–Kier alpha value is 0.130. The van der Waals surface area contributed by atoms with Gasteiger partial charge in [-0.25, -0.2) is 0 Å². The molecule has 0 spiro atoms. The van der Waals surface area contributed by atoms with Crippen molar-refractivity contribution in [3.8, 4) is 0 Å². The van der Waals surface area contributed by atoms with Gasteiger partial charge in [0.25, 0.3) is 0 Å². The first-order chi connectivity index (χ1) is 5.70. The van der Waals surface area contributed by atoms with Crippen molar-refractivity contribution in [2.45, 2.75) is 11.2 Å². The number of thiazole rings is 1. The number of aliphatic hydroxyl groups excluding tert-OH is 1. The van der Waals surface area contributed by atoms with Crippen LogP contribution in [0.5, 0.6) is 0 Å². The van der Waals surface area contributed by atoms with Crippen LogP contribution in [0.4, 0.5) is 0 Å². The molecule has 1 N–H and O–H groups in total. The molecule has 0 radical (unpaired) electrons. The molecule has 0 amide bonds. The number of fused-ring (bicyclic) bond motifs is 1. The number of hydrogen-bond acceptors (Lipinski definition) is 2. The van der Waals surface area contributed by atoms with E-state index in [1.54, 1.807) is 0 Å². The van der Waals surface area contributed by atoms with E-state index in [2.05, 4.69) is 31.9 Å². The zero-order chi connectivity index (χ0) is 8.72. The third-order valence-corrected chi connectivity index (χ3v) is 4.08. The Morgan fingerprint density at radius 1 is 1.67 bits per heavy atom. The largest absolute Gasteiger partial charge is 0.504 e. The number of aliphatic hydroxyl groups is 1. The third-order valence-electron chi connectivity index (χ3n) is 1.73. The minimum Gasteiger partial charge on any atom is -0.504 e. The fourth-order valence-electron chi connectivity index (χ4n) is 1.13. The van der Waals surface area contributed by atoms with E-state index in [1.807, 2.05) is 15.8 Å². The van der Waals surface area contributed by atoms with E-state index in [0.717, 1.165) is 15.7 Å². The first-order valence-electron chi connectivity index (χ1n) is 3.41. The van der Waals surface area contributed by atoms with Gasteiger partial charge in [0, 0.05) is 15.9 Å². The molecule has 0 saturated heterocycles. The molecule has 1 aliphatic rings. The SMILES string of the molecule is OC1=c2scc[n+]2=C(Br)CC1Br. The molecule has 2 nitrogen and oxygen atoms in total.